The minimum atomic E-state index is -6.09. The first-order chi connectivity index (χ1) is 15.3. The maximum absolute atomic E-state index is 14.7. The monoisotopic (exact) mass is 506 g/mol. The highest BCUT2D eigenvalue weighted by Crippen LogP contribution is 2.59. The van der Waals surface area contributed by atoms with Crippen molar-refractivity contribution < 1.29 is 39.1 Å². The van der Waals surface area contributed by atoms with Gasteiger partial charge in [0.2, 0.25) is 0 Å². The lowest BCUT2D eigenvalue weighted by Gasteiger charge is -2.28. The lowest BCUT2D eigenvalue weighted by atomic mass is 9.97. The molecular formula is C21H20F5N2O3PS. The third-order valence-corrected chi connectivity index (χ3v) is 6.39. The van der Waals surface area contributed by atoms with Crippen LogP contribution in [0.2, 0.25) is 0 Å². The molecule has 0 fully saturated rings. The first-order valence-electron chi connectivity index (χ1n) is 9.26. The number of aromatic nitrogens is 1. The number of hydrogen-bond acceptors (Lipinski definition) is 4. The van der Waals surface area contributed by atoms with E-state index in [1.54, 1.807) is 65.5 Å². The van der Waals surface area contributed by atoms with E-state index in [1.807, 2.05) is 43.3 Å². The molecule has 0 saturated heterocycles. The van der Waals surface area contributed by atoms with E-state index in [2.05, 4.69) is 0 Å². The van der Waals surface area contributed by atoms with Crippen molar-refractivity contribution in [2.24, 2.45) is 0 Å². The van der Waals surface area contributed by atoms with Crippen LogP contribution in [0.4, 0.5) is 27.3 Å². The van der Waals surface area contributed by atoms with Gasteiger partial charge in [0, 0.05) is 43.0 Å². The molecule has 3 rings (SSSR count). The predicted molar refractivity (Wildman–Crippen MR) is 115 cm³/mol. The highest BCUT2D eigenvalue weighted by atomic mass is 32.2. The second kappa shape index (κ2) is 10.5. The number of pyridine rings is 1. The summed E-state index contributed by atoms with van der Waals surface area (Å²) in [5.74, 6) is 0. The fourth-order valence-electron chi connectivity index (χ4n) is 3.02. The van der Waals surface area contributed by atoms with Gasteiger partial charge in [-0.2, -0.15) is 26.1 Å². The molecule has 0 saturated carbocycles. The van der Waals surface area contributed by atoms with Crippen LogP contribution in [0.3, 0.4) is 0 Å². The van der Waals surface area contributed by atoms with Gasteiger partial charge in [0.1, 0.15) is 0 Å². The fraction of sp³-hybridized carbons (Fsp3) is 0.190. The van der Waals surface area contributed by atoms with Crippen molar-refractivity contribution in [3.05, 3.63) is 96.3 Å². The van der Waals surface area contributed by atoms with Crippen molar-refractivity contribution in [3.63, 3.8) is 0 Å². The van der Waals surface area contributed by atoms with E-state index in [1.165, 1.54) is 0 Å². The van der Waals surface area contributed by atoms with Crippen molar-refractivity contribution in [2.45, 2.75) is 10.8 Å². The molecule has 178 valence electrons. The topological polar surface area (TPSA) is 64.3 Å². The van der Waals surface area contributed by atoms with Crippen LogP contribution in [0.5, 0.6) is 0 Å². The molecule has 33 heavy (non-hydrogen) atoms. The number of anilines is 1. The number of benzene rings is 2. The van der Waals surface area contributed by atoms with Gasteiger partial charge in [-0.25, -0.2) is 8.42 Å². The Morgan fingerprint density at radius 1 is 0.818 bits per heavy atom. The molecule has 0 bridgehead atoms. The van der Waals surface area contributed by atoms with Crippen molar-refractivity contribution in [2.75, 3.05) is 19.0 Å². The van der Waals surface area contributed by atoms with Gasteiger partial charge in [-0.1, -0.05) is 60.7 Å². The number of halogens is 5. The Hall–Kier alpha value is -2.62. The summed E-state index contributed by atoms with van der Waals surface area (Å²) in [4.78, 5) is 1.95. The van der Waals surface area contributed by atoms with Crippen LogP contribution in [-0.2, 0) is 15.4 Å². The summed E-state index contributed by atoms with van der Waals surface area (Å²) in [5, 5.41) is -1.51. The molecule has 1 aromatic heterocycles. The van der Waals surface area contributed by atoms with Crippen LogP contribution in [0.15, 0.2) is 85.2 Å². The van der Waals surface area contributed by atoms with Gasteiger partial charge >= 0.3 is 14.1 Å². The van der Waals surface area contributed by atoms with Gasteiger partial charge in [0.15, 0.2) is 22.5 Å². The molecule has 3 aromatic rings. The quantitative estimate of drug-likeness (QED) is 0.159. The molecule has 0 N–H and O–H groups in total. The van der Waals surface area contributed by atoms with Crippen LogP contribution >= 0.6 is 8.54 Å². The number of rotatable bonds is 5. The molecule has 5 nitrogen and oxygen atoms in total. The average molecular weight is 506 g/mol. The maximum Gasteiger partial charge on any atom is 0.485 e. The summed E-state index contributed by atoms with van der Waals surface area (Å²) >= 11 is 0. The van der Waals surface area contributed by atoms with E-state index in [-0.39, 0.29) is 0 Å². The van der Waals surface area contributed by atoms with Gasteiger partial charge in [0.25, 0.3) is 5.28 Å². The second-order valence-corrected chi connectivity index (χ2v) is 9.38. The highest BCUT2D eigenvalue weighted by molar-refractivity contribution is 7.86. The molecule has 2 aromatic carbocycles. The third kappa shape index (κ3) is 6.04. The van der Waals surface area contributed by atoms with E-state index >= 15 is 0 Å². The molecule has 0 atom stereocenters. The standard InChI is InChI=1S/C20H20F2N2P.CHF3O3S/c1-23(2)19-13-15-24(16-14-19)20(25(21)22,17-9-5-3-6-10-17)18-11-7-4-8-12-18;2-1(3,4)8(5,6)7/h3-16H,1-2H3;(H,5,6,7)/q+1;/p-1. The first kappa shape index (κ1) is 26.6. The smallest absolute Gasteiger partial charge is 0.485 e. The molecule has 0 radical (unpaired) electrons. The number of hydrogen-bond donors (Lipinski definition) is 0. The van der Waals surface area contributed by atoms with Crippen LogP contribution in [0.1, 0.15) is 11.1 Å². The lowest BCUT2D eigenvalue weighted by molar-refractivity contribution is -0.722. The Bertz CT molecular complexity index is 1090. The van der Waals surface area contributed by atoms with E-state index in [4.69, 9.17) is 13.0 Å². The van der Waals surface area contributed by atoms with E-state index in [0.29, 0.717) is 11.1 Å². The van der Waals surface area contributed by atoms with Crippen LogP contribution in [0, 0.1) is 0 Å². The molecular weight excluding hydrogens is 486 g/mol. The third-order valence-electron chi connectivity index (χ3n) is 4.58. The van der Waals surface area contributed by atoms with E-state index in [9.17, 15) is 21.6 Å². The summed E-state index contributed by atoms with van der Waals surface area (Å²) in [5.41, 5.74) is -3.51. The molecule has 12 heteroatoms. The SMILES string of the molecule is CN(C)c1cc[n+](C(c2ccccc2)(c2ccccc2)P(F)F)cc1.O=S(=O)([O-])C(F)(F)F. The number of nitrogens with zero attached hydrogens (tertiary/aromatic N) is 2. The Morgan fingerprint density at radius 3 is 1.45 bits per heavy atom. The largest absolute Gasteiger partial charge is 0.741 e. The Kier molecular flexibility index (Phi) is 8.51. The minimum absolute atomic E-state index is 0.583. The van der Waals surface area contributed by atoms with Gasteiger partial charge in [-0.3, -0.25) is 0 Å². The molecule has 0 unspecified atom stereocenters. The molecule has 1 heterocycles. The summed E-state index contributed by atoms with van der Waals surface area (Å²) in [6.45, 7) is 0. The normalized spacial score (nSPS) is 12.2. The van der Waals surface area contributed by atoms with Crippen molar-refractivity contribution >= 4 is 24.3 Å². The van der Waals surface area contributed by atoms with Crippen LogP contribution < -0.4 is 9.47 Å². The van der Waals surface area contributed by atoms with Crippen molar-refractivity contribution in [1.29, 1.82) is 0 Å². The van der Waals surface area contributed by atoms with Crippen molar-refractivity contribution in [3.8, 4) is 0 Å². The second-order valence-electron chi connectivity index (χ2n) is 6.90. The Labute approximate surface area is 189 Å². The zero-order valence-corrected chi connectivity index (χ0v) is 19.2. The molecule has 0 amide bonds. The van der Waals surface area contributed by atoms with Crippen LogP contribution in [-0.4, -0.2) is 32.6 Å². The molecule has 0 aliphatic rings. The van der Waals surface area contributed by atoms with Crippen LogP contribution in [0.25, 0.3) is 0 Å². The van der Waals surface area contributed by atoms with Gasteiger partial charge in [-0.05, 0) is 0 Å². The van der Waals surface area contributed by atoms with Crippen molar-refractivity contribution in [1.82, 2.24) is 0 Å². The zero-order valence-electron chi connectivity index (χ0n) is 17.4. The summed E-state index contributed by atoms with van der Waals surface area (Å²) in [6.07, 6.45) is 3.48. The Balaban J connectivity index is 0.000000414. The fourth-order valence-corrected chi connectivity index (χ4v) is 4.02. The summed E-state index contributed by atoms with van der Waals surface area (Å²) in [7, 11) is -5.58. The molecule has 0 aliphatic heterocycles. The summed E-state index contributed by atoms with van der Waals surface area (Å²) in [6, 6.07) is 21.7. The lowest BCUT2D eigenvalue weighted by Crippen LogP contribution is -2.55. The summed E-state index contributed by atoms with van der Waals surface area (Å²) < 4.78 is 89.9. The molecule has 0 spiro atoms. The van der Waals surface area contributed by atoms with E-state index < -0.39 is 29.4 Å². The maximum atomic E-state index is 14.7. The minimum Gasteiger partial charge on any atom is -0.741 e. The Morgan fingerprint density at radius 2 is 1.18 bits per heavy atom. The van der Waals surface area contributed by atoms with E-state index in [0.717, 1.165) is 5.69 Å². The highest BCUT2D eigenvalue weighted by Gasteiger charge is 2.54. The zero-order chi connectivity index (χ0) is 24.9. The van der Waals surface area contributed by atoms with Gasteiger partial charge in [0.05, 0.1) is 0 Å². The average Bonchev–Trinajstić information content (AvgIpc) is 2.75. The number of alkyl halides is 3. The molecule has 0 aliphatic carbocycles. The first-order valence-corrected chi connectivity index (χ1v) is 11.8. The van der Waals surface area contributed by atoms with Gasteiger partial charge < -0.3 is 9.45 Å². The van der Waals surface area contributed by atoms with Gasteiger partial charge in [-0.15, -0.1) is 0 Å². The predicted octanol–water partition coefficient (Wildman–Crippen LogP) is 5.09.